The molecule has 2 amide bonds. The molecular formula is C33H39FN6O8S. The van der Waals surface area contributed by atoms with Gasteiger partial charge in [0.25, 0.3) is 5.88 Å². The second-order valence-electron chi connectivity index (χ2n) is 12.8. The van der Waals surface area contributed by atoms with Gasteiger partial charge >= 0.3 is 11.9 Å². The van der Waals surface area contributed by atoms with Gasteiger partial charge in [-0.15, -0.1) is 11.3 Å². The number of rotatable bonds is 12. The molecule has 1 saturated heterocycles. The van der Waals surface area contributed by atoms with Gasteiger partial charge in [0.15, 0.2) is 0 Å². The Morgan fingerprint density at radius 3 is 2.43 bits per heavy atom. The Balaban J connectivity index is 1.38. The molecule has 16 heteroatoms. The monoisotopic (exact) mass is 698 g/mol. The summed E-state index contributed by atoms with van der Waals surface area (Å²) in [4.78, 5) is 69.0. The van der Waals surface area contributed by atoms with E-state index in [-0.39, 0.29) is 53.7 Å². The molecule has 2 aliphatic rings. The smallest absolute Gasteiger partial charge is 0.308 e. The number of nitrogens with one attached hydrogen (secondary N) is 1. The van der Waals surface area contributed by atoms with Crippen molar-refractivity contribution in [2.24, 2.45) is 11.8 Å². The van der Waals surface area contributed by atoms with E-state index in [1.807, 2.05) is 13.8 Å². The Hall–Kier alpha value is -4.73. The first-order valence-corrected chi connectivity index (χ1v) is 16.9. The normalized spacial score (nSPS) is 21.4. The largest absolute Gasteiger partial charge is 0.472 e. The molecule has 1 N–H and O–H groups in total. The number of likely N-dealkylation sites (tertiary alicyclic amines) is 1. The van der Waals surface area contributed by atoms with Crippen molar-refractivity contribution in [2.45, 2.75) is 91.1 Å². The highest BCUT2D eigenvalue weighted by atomic mass is 32.1. The maximum Gasteiger partial charge on any atom is 0.308 e. The van der Waals surface area contributed by atoms with Crippen LogP contribution in [0.2, 0.25) is 0 Å². The third kappa shape index (κ3) is 7.95. The van der Waals surface area contributed by atoms with E-state index in [0.29, 0.717) is 23.4 Å². The number of carbonyl (C=O) groups is 5. The molecule has 14 nitrogen and oxygen atoms in total. The van der Waals surface area contributed by atoms with Gasteiger partial charge in [0.2, 0.25) is 11.8 Å². The van der Waals surface area contributed by atoms with Crippen LogP contribution in [-0.2, 0) is 28.7 Å². The zero-order chi connectivity index (χ0) is 35.6. The summed E-state index contributed by atoms with van der Waals surface area (Å²) in [5, 5.41) is 11.0. The molecule has 262 valence electrons. The van der Waals surface area contributed by atoms with Gasteiger partial charge in [-0.1, -0.05) is 24.2 Å². The van der Waals surface area contributed by atoms with Crippen molar-refractivity contribution in [3.8, 4) is 22.1 Å². The average molecular weight is 699 g/mol. The van der Waals surface area contributed by atoms with E-state index in [0.717, 1.165) is 6.29 Å². The third-order valence-corrected chi connectivity index (χ3v) is 9.58. The average Bonchev–Trinajstić information content (AvgIpc) is 3.75. The molecule has 4 atom stereocenters. The van der Waals surface area contributed by atoms with Crippen molar-refractivity contribution in [3.05, 3.63) is 40.9 Å². The number of ether oxygens (including phenoxy) is 3. The number of hydrogen-bond donors (Lipinski definition) is 1. The van der Waals surface area contributed by atoms with Crippen molar-refractivity contribution in [1.29, 1.82) is 0 Å². The minimum absolute atomic E-state index is 0.0226. The summed E-state index contributed by atoms with van der Waals surface area (Å²) in [6.07, 6.45) is 2.66. The number of aryl methyl sites for hydroxylation is 1. The fourth-order valence-electron chi connectivity index (χ4n) is 6.19. The third-order valence-electron chi connectivity index (χ3n) is 8.62. The van der Waals surface area contributed by atoms with Crippen LogP contribution in [0.5, 0.6) is 11.6 Å². The first kappa shape index (κ1) is 35.6. The number of halogens is 1. The molecule has 3 heterocycles. The summed E-state index contributed by atoms with van der Waals surface area (Å²) in [5.41, 5.74) is 2.61. The molecule has 49 heavy (non-hydrogen) atoms. The Morgan fingerprint density at radius 2 is 1.82 bits per heavy atom. The number of hydrogen-bond acceptors (Lipinski definition) is 12. The number of amides is 2. The van der Waals surface area contributed by atoms with Crippen molar-refractivity contribution in [3.63, 3.8) is 0 Å². The minimum Gasteiger partial charge on any atom is -0.472 e. The maximum atomic E-state index is 15.5. The van der Waals surface area contributed by atoms with E-state index in [4.69, 9.17) is 14.2 Å². The highest BCUT2D eigenvalue weighted by Gasteiger charge is 2.45. The molecule has 1 saturated carbocycles. The number of aldehydes is 1. The number of carbonyl (C=O) groups excluding carboxylic acids is 5. The lowest BCUT2D eigenvalue weighted by molar-refractivity contribution is -0.147. The lowest BCUT2D eigenvalue weighted by Gasteiger charge is -2.31. The summed E-state index contributed by atoms with van der Waals surface area (Å²) in [5.74, 6) is -2.88. The van der Waals surface area contributed by atoms with Crippen molar-refractivity contribution in [2.75, 3.05) is 6.54 Å². The second kappa shape index (κ2) is 14.8. The second-order valence-corrected chi connectivity index (χ2v) is 13.6. The molecular weight excluding hydrogens is 659 g/mol. The number of esters is 2. The van der Waals surface area contributed by atoms with E-state index in [9.17, 15) is 24.0 Å². The zero-order valence-electron chi connectivity index (χ0n) is 28.0. The topological polar surface area (TPSA) is 172 Å². The van der Waals surface area contributed by atoms with E-state index in [1.54, 1.807) is 19.4 Å². The van der Waals surface area contributed by atoms with Crippen LogP contribution in [0.1, 0.15) is 77.2 Å². The summed E-state index contributed by atoms with van der Waals surface area (Å²) in [6.45, 7) is 9.42. The van der Waals surface area contributed by atoms with Crippen molar-refractivity contribution < 1.29 is 42.6 Å². The molecule has 2 aromatic heterocycles. The van der Waals surface area contributed by atoms with Gasteiger partial charge in [0.05, 0.1) is 34.9 Å². The minimum atomic E-state index is -1.06. The fraction of sp³-hybridized carbons (Fsp3) is 0.515. The number of thiazole rings is 1. The Kier molecular flexibility index (Phi) is 10.7. The molecule has 0 bridgehead atoms. The van der Waals surface area contributed by atoms with Gasteiger partial charge in [0, 0.05) is 37.3 Å². The Bertz CT molecular complexity index is 1740. The molecule has 1 aliphatic heterocycles. The molecule has 5 rings (SSSR count). The fourth-order valence-corrected chi connectivity index (χ4v) is 7.01. The van der Waals surface area contributed by atoms with Crippen molar-refractivity contribution >= 4 is 41.4 Å². The van der Waals surface area contributed by atoms with Gasteiger partial charge in [0.1, 0.15) is 42.1 Å². The highest BCUT2D eigenvalue weighted by molar-refractivity contribution is 7.13. The summed E-state index contributed by atoms with van der Waals surface area (Å²) in [7, 11) is 0. The van der Waals surface area contributed by atoms with Gasteiger partial charge in [-0.25, -0.2) is 14.1 Å². The van der Waals surface area contributed by atoms with Crippen LogP contribution in [0.3, 0.4) is 0 Å². The van der Waals surface area contributed by atoms with Crippen LogP contribution in [-0.4, -0.2) is 79.7 Å². The van der Waals surface area contributed by atoms with Crippen LogP contribution < -0.4 is 14.8 Å². The molecule has 1 aliphatic carbocycles. The first-order valence-electron chi connectivity index (χ1n) is 16.0. The molecule has 3 aromatic rings. The maximum absolute atomic E-state index is 15.5. The molecule has 2 fully saturated rings. The van der Waals surface area contributed by atoms with Gasteiger partial charge in [-0.2, -0.15) is 0 Å². The summed E-state index contributed by atoms with van der Waals surface area (Å²) >= 11 is 1.24. The summed E-state index contributed by atoms with van der Waals surface area (Å²) < 4.78 is 33.6. The lowest BCUT2D eigenvalue weighted by atomic mass is 9.83. The van der Waals surface area contributed by atoms with Crippen molar-refractivity contribution in [1.82, 2.24) is 30.2 Å². The highest BCUT2D eigenvalue weighted by Crippen LogP contribution is 2.37. The zero-order valence-corrected chi connectivity index (χ0v) is 28.9. The van der Waals surface area contributed by atoms with Crippen LogP contribution in [0.4, 0.5) is 4.39 Å². The number of benzene rings is 1. The first-order chi connectivity index (χ1) is 23.2. The van der Waals surface area contributed by atoms with E-state index >= 15 is 4.39 Å². The van der Waals surface area contributed by atoms with E-state index in [2.05, 4.69) is 20.6 Å². The van der Waals surface area contributed by atoms with Gasteiger partial charge < -0.3 is 29.2 Å². The molecule has 0 unspecified atom stereocenters. The van der Waals surface area contributed by atoms with Gasteiger partial charge in [-0.3, -0.25) is 19.2 Å². The number of nitrogens with zero attached hydrogens (tertiary/aromatic N) is 5. The quantitative estimate of drug-likeness (QED) is 0.166. The van der Waals surface area contributed by atoms with E-state index < -0.39 is 53.8 Å². The predicted molar refractivity (Wildman–Crippen MR) is 173 cm³/mol. The van der Waals surface area contributed by atoms with Crippen LogP contribution in [0, 0.1) is 24.6 Å². The molecule has 1 aromatic carbocycles. The predicted octanol–water partition coefficient (Wildman–Crippen LogP) is 3.74. The lowest BCUT2D eigenvalue weighted by Crippen LogP contribution is -2.49. The SMILES string of the molecule is CC(=O)Oc1cc(-c2scnc2C)c(F)cc1[C@H](C)NC(=O)[C@@H]1C[C@@H](OC(C)=O)CN1C(=O)[C@H](C(C)C)n1cc(OC2CC(C=O)C2)nn1. The van der Waals surface area contributed by atoms with E-state index in [1.165, 1.54) is 53.1 Å². The Morgan fingerprint density at radius 1 is 1.08 bits per heavy atom. The number of aromatic nitrogens is 4. The molecule has 0 spiro atoms. The summed E-state index contributed by atoms with van der Waals surface area (Å²) in [6, 6.07) is -0.189. The van der Waals surface area contributed by atoms with Gasteiger partial charge in [-0.05, 0) is 44.7 Å². The van der Waals surface area contributed by atoms with Crippen LogP contribution >= 0.6 is 11.3 Å². The Labute approximate surface area is 286 Å². The standard InChI is InChI=1S/C33H39FN6O8S/c1-16(2)30(40-13-29(37-38-40)48-22-7-21(8-22)14-41)33(45)39-12-23(46-19(5)42)9-27(39)32(44)36-17(3)24-10-26(34)25(11-28(24)47-20(6)43)31-18(4)35-15-49-31/h10-11,13-17,21-23,27,30H,7-9,12H2,1-6H3,(H,36,44)/t17-,21?,22?,23+,27-,30-/m0/s1. The van der Waals surface area contributed by atoms with Crippen LogP contribution in [0.25, 0.3) is 10.4 Å². The molecule has 0 radical (unpaired) electrons. The van der Waals surface area contributed by atoms with Crippen LogP contribution in [0.15, 0.2) is 23.8 Å².